The van der Waals surface area contributed by atoms with Gasteiger partial charge in [0.15, 0.2) is 0 Å². The number of rotatable bonds is 6. The summed E-state index contributed by atoms with van der Waals surface area (Å²) in [5.41, 5.74) is 1.25. The fourth-order valence-electron chi connectivity index (χ4n) is 3.28. The second kappa shape index (κ2) is 8.62. The number of nitrogens with one attached hydrogen (secondary N) is 1. The molecule has 0 saturated carbocycles. The van der Waals surface area contributed by atoms with Gasteiger partial charge in [0.25, 0.3) is 0 Å². The van der Waals surface area contributed by atoms with Crippen LogP contribution in [0.5, 0.6) is 0 Å². The van der Waals surface area contributed by atoms with Crippen LogP contribution in [-0.4, -0.2) is 70.7 Å². The maximum atomic E-state index is 12.5. The Morgan fingerprint density at radius 2 is 2.00 bits per heavy atom. The van der Waals surface area contributed by atoms with E-state index < -0.39 is 0 Å². The molecule has 1 aliphatic rings. The number of hydrogen-bond donors (Lipinski definition) is 1. The lowest BCUT2D eigenvalue weighted by atomic mass is 10.1. The molecule has 1 N–H and O–H groups in total. The van der Waals surface area contributed by atoms with E-state index in [9.17, 15) is 9.59 Å². The van der Waals surface area contributed by atoms with Gasteiger partial charge < -0.3 is 10.2 Å². The molecule has 2 heterocycles. The van der Waals surface area contributed by atoms with Crippen LogP contribution in [0.1, 0.15) is 5.56 Å². The molecule has 0 radical (unpaired) electrons. The van der Waals surface area contributed by atoms with E-state index in [4.69, 9.17) is 0 Å². The molecule has 3 rings (SSSR count). The van der Waals surface area contributed by atoms with Crippen LogP contribution in [-0.2, 0) is 22.6 Å². The predicted octanol–water partition coefficient (Wildman–Crippen LogP) is 0.385. The Morgan fingerprint density at radius 1 is 1.19 bits per heavy atom. The van der Waals surface area contributed by atoms with Gasteiger partial charge in [-0.05, 0) is 18.1 Å². The molecular formula is C19H25N5O2. The summed E-state index contributed by atoms with van der Waals surface area (Å²) in [5, 5.41) is 6.81. The van der Waals surface area contributed by atoms with E-state index >= 15 is 0 Å². The summed E-state index contributed by atoms with van der Waals surface area (Å²) in [7, 11) is 1.64. The first-order valence-electron chi connectivity index (χ1n) is 8.92. The first-order chi connectivity index (χ1) is 12.7. The first-order valence-corrected chi connectivity index (χ1v) is 8.92. The van der Waals surface area contributed by atoms with Gasteiger partial charge in [-0.25, -0.2) is 0 Å². The van der Waals surface area contributed by atoms with E-state index in [0.29, 0.717) is 19.6 Å². The normalized spacial score (nSPS) is 17.9. The van der Waals surface area contributed by atoms with Gasteiger partial charge in [0.1, 0.15) is 12.6 Å². The van der Waals surface area contributed by atoms with Crippen LogP contribution >= 0.6 is 0 Å². The van der Waals surface area contributed by atoms with Crippen molar-refractivity contribution in [3.63, 3.8) is 0 Å². The molecule has 7 heteroatoms. The summed E-state index contributed by atoms with van der Waals surface area (Å²) >= 11 is 0. The zero-order valence-electron chi connectivity index (χ0n) is 15.0. The zero-order valence-corrected chi connectivity index (χ0v) is 15.0. The molecular weight excluding hydrogens is 330 g/mol. The van der Waals surface area contributed by atoms with E-state index in [2.05, 4.69) is 27.4 Å². The molecule has 1 aromatic carbocycles. The third-order valence-electron chi connectivity index (χ3n) is 4.78. The molecule has 138 valence electrons. The Balaban J connectivity index is 1.61. The average Bonchev–Trinajstić information content (AvgIpc) is 3.19. The van der Waals surface area contributed by atoms with Crippen LogP contribution in [0.25, 0.3) is 0 Å². The van der Waals surface area contributed by atoms with Gasteiger partial charge in [-0.1, -0.05) is 30.3 Å². The van der Waals surface area contributed by atoms with Crippen molar-refractivity contribution >= 4 is 11.8 Å². The monoisotopic (exact) mass is 355 g/mol. The van der Waals surface area contributed by atoms with Gasteiger partial charge in [0, 0.05) is 45.6 Å². The molecule has 0 aliphatic carbocycles. The van der Waals surface area contributed by atoms with Gasteiger partial charge in [-0.2, -0.15) is 5.10 Å². The molecule has 1 aliphatic heterocycles. The second-order valence-corrected chi connectivity index (χ2v) is 6.45. The number of likely N-dealkylation sites (N-methyl/N-ethyl adjacent to an activating group) is 1. The summed E-state index contributed by atoms with van der Waals surface area (Å²) in [5.74, 6) is -0.0556. The summed E-state index contributed by atoms with van der Waals surface area (Å²) in [6.45, 7) is 2.73. The number of piperazine rings is 1. The van der Waals surface area contributed by atoms with E-state index in [1.54, 1.807) is 35.1 Å². The van der Waals surface area contributed by atoms with Crippen LogP contribution in [0, 0.1) is 0 Å². The Kier molecular flexibility index (Phi) is 6.01. The number of aromatic nitrogens is 2. The highest BCUT2D eigenvalue weighted by atomic mass is 16.2. The number of carbonyl (C=O) groups excluding carboxylic acids is 2. The van der Waals surface area contributed by atoms with Crippen molar-refractivity contribution in [1.29, 1.82) is 0 Å². The Morgan fingerprint density at radius 3 is 2.69 bits per heavy atom. The highest BCUT2D eigenvalue weighted by Crippen LogP contribution is 2.13. The van der Waals surface area contributed by atoms with Gasteiger partial charge in [-0.3, -0.25) is 19.2 Å². The topological polar surface area (TPSA) is 70.5 Å². The van der Waals surface area contributed by atoms with E-state index in [1.807, 2.05) is 18.2 Å². The molecule has 2 aromatic rings. The standard InChI is InChI=1S/C19H25N5O2/c1-20-19(26)17-14-23(18(25)15-24-10-5-9-21-24)13-12-22(17)11-8-16-6-3-2-4-7-16/h2-7,9-10,17H,8,11-15H2,1H3,(H,20,26). The molecule has 1 aromatic heterocycles. The van der Waals surface area contributed by atoms with E-state index in [-0.39, 0.29) is 24.4 Å². The number of hydrogen-bond acceptors (Lipinski definition) is 4. The molecule has 0 bridgehead atoms. The summed E-state index contributed by atoms with van der Waals surface area (Å²) in [6, 6.07) is 11.7. The van der Waals surface area contributed by atoms with Crippen LogP contribution < -0.4 is 5.32 Å². The van der Waals surface area contributed by atoms with Crippen LogP contribution in [0.3, 0.4) is 0 Å². The highest BCUT2D eigenvalue weighted by Gasteiger charge is 2.33. The largest absolute Gasteiger partial charge is 0.358 e. The molecule has 26 heavy (non-hydrogen) atoms. The van der Waals surface area contributed by atoms with Crippen molar-refractivity contribution in [3.8, 4) is 0 Å². The van der Waals surface area contributed by atoms with Crippen molar-refractivity contribution in [1.82, 2.24) is 24.9 Å². The minimum Gasteiger partial charge on any atom is -0.358 e. The maximum Gasteiger partial charge on any atom is 0.244 e. The summed E-state index contributed by atoms with van der Waals surface area (Å²) in [4.78, 5) is 28.8. The zero-order chi connectivity index (χ0) is 18.4. The van der Waals surface area contributed by atoms with Crippen LogP contribution in [0.2, 0.25) is 0 Å². The number of benzene rings is 1. The first kappa shape index (κ1) is 18.1. The molecule has 1 saturated heterocycles. The molecule has 2 amide bonds. The van der Waals surface area contributed by atoms with Gasteiger partial charge in [0.05, 0.1) is 0 Å². The Hall–Kier alpha value is -2.67. The average molecular weight is 355 g/mol. The van der Waals surface area contributed by atoms with Crippen molar-refractivity contribution in [3.05, 3.63) is 54.4 Å². The van der Waals surface area contributed by atoms with E-state index in [1.165, 1.54) is 5.56 Å². The van der Waals surface area contributed by atoms with Crippen molar-refractivity contribution < 1.29 is 9.59 Å². The van der Waals surface area contributed by atoms with Crippen molar-refractivity contribution in [2.24, 2.45) is 0 Å². The van der Waals surface area contributed by atoms with Crippen molar-refractivity contribution in [2.75, 3.05) is 33.2 Å². The van der Waals surface area contributed by atoms with Gasteiger partial charge >= 0.3 is 0 Å². The smallest absolute Gasteiger partial charge is 0.244 e. The van der Waals surface area contributed by atoms with E-state index in [0.717, 1.165) is 13.0 Å². The predicted molar refractivity (Wildman–Crippen MR) is 98.4 cm³/mol. The molecule has 1 fully saturated rings. The van der Waals surface area contributed by atoms with Crippen LogP contribution in [0.4, 0.5) is 0 Å². The molecule has 1 atom stereocenters. The number of nitrogens with zero attached hydrogens (tertiary/aromatic N) is 4. The Labute approximate surface area is 153 Å². The fourth-order valence-corrected chi connectivity index (χ4v) is 3.28. The number of amides is 2. The lowest BCUT2D eigenvalue weighted by molar-refractivity contribution is -0.138. The quantitative estimate of drug-likeness (QED) is 0.814. The van der Waals surface area contributed by atoms with Crippen molar-refractivity contribution in [2.45, 2.75) is 19.0 Å². The summed E-state index contributed by atoms with van der Waals surface area (Å²) < 4.78 is 1.61. The second-order valence-electron chi connectivity index (χ2n) is 6.45. The minimum absolute atomic E-state index is 0.00897. The highest BCUT2D eigenvalue weighted by molar-refractivity contribution is 5.83. The molecule has 1 unspecified atom stereocenters. The maximum absolute atomic E-state index is 12.5. The van der Waals surface area contributed by atoms with Gasteiger partial charge in [-0.15, -0.1) is 0 Å². The summed E-state index contributed by atoms with van der Waals surface area (Å²) in [6.07, 6.45) is 4.31. The van der Waals surface area contributed by atoms with Crippen LogP contribution in [0.15, 0.2) is 48.8 Å². The SMILES string of the molecule is CNC(=O)C1CN(C(=O)Cn2cccn2)CCN1CCc1ccccc1. The van der Waals surface area contributed by atoms with Gasteiger partial charge in [0.2, 0.25) is 11.8 Å². The third kappa shape index (κ3) is 4.49. The number of carbonyl (C=O) groups is 2. The lowest BCUT2D eigenvalue weighted by Gasteiger charge is -2.40. The molecule has 7 nitrogen and oxygen atoms in total. The molecule has 0 spiro atoms. The Bertz CT molecular complexity index is 717. The fraction of sp³-hybridized carbons (Fsp3) is 0.421. The third-order valence-corrected chi connectivity index (χ3v) is 4.78. The minimum atomic E-state index is -0.320. The lowest BCUT2D eigenvalue weighted by Crippen LogP contribution is -2.60.